The molecule has 4 aromatic heterocycles. The number of rotatable bonds is 4. The molecule has 5 heterocycles. The van der Waals surface area contributed by atoms with E-state index in [4.69, 9.17) is 9.72 Å². The first kappa shape index (κ1) is 18.0. The molecule has 6 rings (SSSR count). The van der Waals surface area contributed by atoms with Crippen LogP contribution in [0.25, 0.3) is 20.4 Å². The largest absolute Gasteiger partial charge is 0.378 e. The number of aromatic nitrogens is 4. The molecule has 1 aliphatic heterocycles. The zero-order chi connectivity index (χ0) is 19.9. The number of thiophene rings is 1. The first-order valence-electron chi connectivity index (χ1n) is 10.4. The van der Waals surface area contributed by atoms with E-state index in [2.05, 4.69) is 31.2 Å². The number of aryl methyl sites for hydroxylation is 1. The molecule has 0 amide bonds. The number of hydrogen-bond acceptors (Lipinski definition) is 8. The molecule has 8 heteroatoms. The molecule has 4 aromatic rings. The highest BCUT2D eigenvalue weighted by Gasteiger charge is 2.27. The van der Waals surface area contributed by atoms with Crippen LogP contribution in [0.3, 0.4) is 0 Å². The van der Waals surface area contributed by atoms with Crippen LogP contribution in [0.5, 0.6) is 0 Å². The van der Waals surface area contributed by atoms with Gasteiger partial charge in [0.1, 0.15) is 22.8 Å². The average molecular weight is 419 g/mol. The molecule has 0 spiro atoms. The fraction of sp³-hybridized carbons (Fsp3) is 0.364. The third kappa shape index (κ3) is 2.98. The third-order valence-electron chi connectivity index (χ3n) is 5.94. The van der Waals surface area contributed by atoms with Crippen LogP contribution < -0.4 is 10.2 Å². The van der Waals surface area contributed by atoms with Crippen molar-refractivity contribution in [1.82, 2.24) is 19.9 Å². The second-order valence-electron chi connectivity index (χ2n) is 7.74. The van der Waals surface area contributed by atoms with Crippen molar-refractivity contribution in [3.63, 3.8) is 0 Å². The lowest BCUT2D eigenvalue weighted by atomic mass is 10.1. The molecule has 1 fully saturated rings. The lowest BCUT2D eigenvalue weighted by Gasteiger charge is -2.29. The van der Waals surface area contributed by atoms with E-state index in [0.29, 0.717) is 6.54 Å². The van der Waals surface area contributed by atoms with Gasteiger partial charge in [0.2, 0.25) is 0 Å². The van der Waals surface area contributed by atoms with Crippen LogP contribution in [0.1, 0.15) is 23.1 Å². The van der Waals surface area contributed by atoms with Crippen LogP contribution >= 0.6 is 11.3 Å². The number of fused-ring (bicyclic) bond motifs is 5. The van der Waals surface area contributed by atoms with Crippen molar-refractivity contribution < 1.29 is 4.74 Å². The molecule has 1 aliphatic carbocycles. The maximum absolute atomic E-state index is 5.56. The van der Waals surface area contributed by atoms with E-state index in [9.17, 15) is 0 Å². The predicted octanol–water partition coefficient (Wildman–Crippen LogP) is 3.57. The number of nitrogens with one attached hydrogen (secondary N) is 1. The number of ether oxygens (including phenoxy) is 1. The summed E-state index contributed by atoms with van der Waals surface area (Å²) < 4.78 is 6.64. The Hall–Kier alpha value is -2.84. The summed E-state index contributed by atoms with van der Waals surface area (Å²) in [6, 6.07) is 4.01. The van der Waals surface area contributed by atoms with Gasteiger partial charge in [-0.25, -0.2) is 15.0 Å². The van der Waals surface area contributed by atoms with Gasteiger partial charge in [0.15, 0.2) is 0 Å². The van der Waals surface area contributed by atoms with Gasteiger partial charge >= 0.3 is 0 Å². The number of morpholine rings is 1. The van der Waals surface area contributed by atoms with Crippen molar-refractivity contribution in [2.24, 2.45) is 0 Å². The molecule has 30 heavy (non-hydrogen) atoms. The topological polar surface area (TPSA) is 76.1 Å². The number of pyridine rings is 2. The van der Waals surface area contributed by atoms with E-state index in [1.165, 1.54) is 22.9 Å². The quantitative estimate of drug-likeness (QED) is 0.543. The molecule has 0 unspecified atom stereocenters. The minimum atomic E-state index is 0.679. The van der Waals surface area contributed by atoms with Crippen LogP contribution in [0.2, 0.25) is 0 Å². The molecule has 0 atom stereocenters. The average Bonchev–Trinajstić information content (AvgIpc) is 3.43. The van der Waals surface area contributed by atoms with Crippen molar-refractivity contribution in [3.8, 4) is 0 Å². The summed E-state index contributed by atoms with van der Waals surface area (Å²) in [7, 11) is 0. The van der Waals surface area contributed by atoms with Crippen molar-refractivity contribution in [3.05, 3.63) is 47.5 Å². The maximum Gasteiger partial charge on any atom is 0.147 e. The highest BCUT2D eigenvalue weighted by atomic mass is 32.1. The molecule has 0 bridgehead atoms. The minimum Gasteiger partial charge on any atom is -0.378 e. The lowest BCUT2D eigenvalue weighted by molar-refractivity contribution is 0.122. The molecule has 0 aromatic carbocycles. The van der Waals surface area contributed by atoms with E-state index in [1.54, 1.807) is 23.9 Å². The van der Waals surface area contributed by atoms with Crippen LogP contribution in [0, 0.1) is 0 Å². The summed E-state index contributed by atoms with van der Waals surface area (Å²) in [5.41, 5.74) is 4.99. The van der Waals surface area contributed by atoms with E-state index in [0.717, 1.165) is 71.4 Å². The van der Waals surface area contributed by atoms with Gasteiger partial charge in [0, 0.05) is 37.4 Å². The lowest BCUT2D eigenvalue weighted by Crippen LogP contribution is -2.37. The van der Waals surface area contributed by atoms with Crippen LogP contribution in [-0.4, -0.2) is 46.2 Å². The SMILES string of the molecule is c1cncc(CNc2ncnc3c2sc2nc(N4CCOCC4)c4c(c23)CCC4)c1. The van der Waals surface area contributed by atoms with Crippen LogP contribution in [0.15, 0.2) is 30.9 Å². The molecule has 1 N–H and O–H groups in total. The van der Waals surface area contributed by atoms with E-state index in [1.807, 2.05) is 12.3 Å². The second-order valence-corrected chi connectivity index (χ2v) is 8.74. The Labute approximate surface area is 178 Å². The monoisotopic (exact) mass is 418 g/mol. The summed E-state index contributed by atoms with van der Waals surface area (Å²) >= 11 is 1.70. The first-order valence-corrected chi connectivity index (χ1v) is 11.2. The second kappa shape index (κ2) is 7.45. The Kier molecular flexibility index (Phi) is 4.46. The Bertz CT molecular complexity index is 1220. The fourth-order valence-corrected chi connectivity index (χ4v) is 5.65. The summed E-state index contributed by atoms with van der Waals surface area (Å²) in [5, 5.41) is 4.70. The van der Waals surface area contributed by atoms with Gasteiger partial charge in [0.05, 0.1) is 23.4 Å². The summed E-state index contributed by atoms with van der Waals surface area (Å²) in [6.45, 7) is 4.05. The molecular formula is C22H22N6OS. The van der Waals surface area contributed by atoms with Crippen molar-refractivity contribution >= 4 is 43.4 Å². The Morgan fingerprint density at radius 2 is 2.03 bits per heavy atom. The van der Waals surface area contributed by atoms with Gasteiger partial charge in [-0.15, -0.1) is 11.3 Å². The van der Waals surface area contributed by atoms with E-state index < -0.39 is 0 Å². The molecule has 0 saturated carbocycles. The molecule has 1 saturated heterocycles. The van der Waals surface area contributed by atoms with Gasteiger partial charge < -0.3 is 15.0 Å². The van der Waals surface area contributed by atoms with E-state index >= 15 is 0 Å². The highest BCUT2D eigenvalue weighted by Crippen LogP contribution is 2.43. The van der Waals surface area contributed by atoms with Gasteiger partial charge in [-0.1, -0.05) is 6.07 Å². The fourth-order valence-electron chi connectivity index (χ4n) is 4.53. The first-order chi connectivity index (χ1) is 14.9. The summed E-state index contributed by atoms with van der Waals surface area (Å²) in [5.74, 6) is 2.02. The molecule has 2 aliphatic rings. The molecule has 7 nitrogen and oxygen atoms in total. The molecule has 152 valence electrons. The molecule has 0 radical (unpaired) electrons. The Morgan fingerprint density at radius 1 is 1.13 bits per heavy atom. The smallest absolute Gasteiger partial charge is 0.147 e. The minimum absolute atomic E-state index is 0.679. The van der Waals surface area contributed by atoms with Crippen LogP contribution in [-0.2, 0) is 24.1 Å². The van der Waals surface area contributed by atoms with E-state index in [-0.39, 0.29) is 0 Å². The van der Waals surface area contributed by atoms with Gasteiger partial charge in [-0.05, 0) is 42.0 Å². The number of hydrogen-bond donors (Lipinski definition) is 1. The predicted molar refractivity (Wildman–Crippen MR) is 119 cm³/mol. The van der Waals surface area contributed by atoms with Crippen molar-refractivity contribution in [1.29, 1.82) is 0 Å². The van der Waals surface area contributed by atoms with Crippen molar-refractivity contribution in [2.75, 3.05) is 36.5 Å². The standard InChI is InChI=1S/C22H22N6OS/c1-4-15-16(5-1)21(28-7-9-29-10-8-28)27-22-17(15)18-19(30-22)20(26-13-25-18)24-12-14-3-2-6-23-11-14/h2-3,6,11,13H,1,4-5,7-10,12H2,(H,24,25,26). The number of nitrogens with zero attached hydrogens (tertiary/aromatic N) is 5. The highest BCUT2D eigenvalue weighted by molar-refractivity contribution is 7.26. The summed E-state index contributed by atoms with van der Waals surface area (Å²) in [4.78, 5) is 22.0. The van der Waals surface area contributed by atoms with Gasteiger partial charge in [-0.2, -0.15) is 0 Å². The summed E-state index contributed by atoms with van der Waals surface area (Å²) in [6.07, 6.45) is 8.70. The van der Waals surface area contributed by atoms with Crippen molar-refractivity contribution in [2.45, 2.75) is 25.8 Å². The third-order valence-corrected chi connectivity index (χ3v) is 7.02. The van der Waals surface area contributed by atoms with Crippen LogP contribution in [0.4, 0.5) is 11.6 Å². The normalized spacial score (nSPS) is 16.3. The number of anilines is 2. The maximum atomic E-state index is 5.56. The zero-order valence-electron chi connectivity index (χ0n) is 16.6. The van der Waals surface area contributed by atoms with Gasteiger partial charge in [-0.3, -0.25) is 4.98 Å². The Balaban J connectivity index is 1.46. The molecular weight excluding hydrogens is 396 g/mol. The zero-order valence-corrected chi connectivity index (χ0v) is 17.4. The van der Waals surface area contributed by atoms with Gasteiger partial charge in [0.25, 0.3) is 0 Å². The Morgan fingerprint density at radius 3 is 2.90 bits per heavy atom.